The number of benzene rings is 1. The SMILES string of the molecule is Cc1cc(F)cc(NC(=O)NC2CCCCC2C(=O)O)c1. The molecule has 0 aromatic heterocycles. The van der Waals surface area contributed by atoms with Gasteiger partial charge >= 0.3 is 12.0 Å². The standard InChI is InChI=1S/C15H19FN2O3/c1-9-6-10(16)8-11(7-9)17-15(21)18-13-5-3-2-4-12(13)14(19)20/h6-8,12-13H,2-5H2,1H3,(H,19,20)(H2,17,18,21). The lowest BCUT2D eigenvalue weighted by molar-refractivity contribution is -0.143. The van der Waals surface area contributed by atoms with E-state index in [1.54, 1.807) is 13.0 Å². The Morgan fingerprint density at radius 3 is 2.62 bits per heavy atom. The van der Waals surface area contributed by atoms with E-state index in [-0.39, 0.29) is 6.04 Å². The van der Waals surface area contributed by atoms with Crippen LogP contribution >= 0.6 is 0 Å². The molecule has 1 aliphatic rings. The number of aliphatic carboxylic acids is 1. The Bertz CT molecular complexity index is 527. The lowest BCUT2D eigenvalue weighted by Crippen LogP contribution is -2.46. The number of aryl methyl sites for hydroxylation is 1. The number of urea groups is 1. The van der Waals surface area contributed by atoms with Gasteiger partial charge in [-0.05, 0) is 43.5 Å². The maximum Gasteiger partial charge on any atom is 0.319 e. The van der Waals surface area contributed by atoms with Gasteiger partial charge in [0.2, 0.25) is 0 Å². The van der Waals surface area contributed by atoms with E-state index >= 15 is 0 Å². The first-order chi connectivity index (χ1) is 9.95. The topological polar surface area (TPSA) is 78.4 Å². The van der Waals surface area contributed by atoms with Crippen LogP contribution in [0.2, 0.25) is 0 Å². The number of rotatable bonds is 3. The lowest BCUT2D eigenvalue weighted by atomic mass is 9.84. The number of carbonyl (C=O) groups excluding carboxylic acids is 1. The Morgan fingerprint density at radius 1 is 1.24 bits per heavy atom. The number of carboxylic acid groups (broad SMARTS) is 1. The normalized spacial score (nSPS) is 21.6. The Morgan fingerprint density at radius 2 is 1.95 bits per heavy atom. The molecule has 1 aliphatic carbocycles. The fourth-order valence-electron chi connectivity index (χ4n) is 2.74. The summed E-state index contributed by atoms with van der Waals surface area (Å²) in [4.78, 5) is 23.1. The van der Waals surface area contributed by atoms with Gasteiger partial charge in [-0.3, -0.25) is 4.79 Å². The Labute approximate surface area is 122 Å². The van der Waals surface area contributed by atoms with Crippen LogP contribution in [-0.4, -0.2) is 23.1 Å². The molecule has 0 bridgehead atoms. The second-order valence-electron chi connectivity index (χ2n) is 5.45. The first-order valence-electron chi connectivity index (χ1n) is 7.03. The number of hydrogen-bond acceptors (Lipinski definition) is 2. The van der Waals surface area contributed by atoms with Crippen molar-refractivity contribution in [1.82, 2.24) is 5.32 Å². The smallest absolute Gasteiger partial charge is 0.319 e. The van der Waals surface area contributed by atoms with Gasteiger partial charge in [-0.25, -0.2) is 9.18 Å². The summed E-state index contributed by atoms with van der Waals surface area (Å²) >= 11 is 0. The van der Waals surface area contributed by atoms with E-state index in [0.717, 1.165) is 12.8 Å². The van der Waals surface area contributed by atoms with Gasteiger partial charge in [-0.2, -0.15) is 0 Å². The molecule has 2 atom stereocenters. The van der Waals surface area contributed by atoms with Gasteiger partial charge in [-0.15, -0.1) is 0 Å². The summed E-state index contributed by atoms with van der Waals surface area (Å²) in [5, 5.41) is 14.4. The summed E-state index contributed by atoms with van der Waals surface area (Å²) in [6, 6.07) is 3.36. The molecule has 0 saturated heterocycles. The summed E-state index contributed by atoms with van der Waals surface area (Å²) in [5.41, 5.74) is 1.05. The van der Waals surface area contributed by atoms with Gasteiger partial charge in [0, 0.05) is 11.7 Å². The zero-order chi connectivity index (χ0) is 15.4. The van der Waals surface area contributed by atoms with Crippen molar-refractivity contribution in [3.63, 3.8) is 0 Å². The van der Waals surface area contributed by atoms with Crippen molar-refractivity contribution in [2.75, 3.05) is 5.32 Å². The highest BCUT2D eigenvalue weighted by Gasteiger charge is 2.31. The van der Waals surface area contributed by atoms with Crippen LogP contribution in [-0.2, 0) is 4.79 Å². The predicted octanol–water partition coefficient (Wildman–Crippen LogP) is 2.90. The van der Waals surface area contributed by atoms with Crippen LogP contribution in [0.25, 0.3) is 0 Å². The van der Waals surface area contributed by atoms with Crippen LogP contribution in [0.3, 0.4) is 0 Å². The zero-order valence-corrected chi connectivity index (χ0v) is 11.9. The van der Waals surface area contributed by atoms with Gasteiger partial charge in [0.25, 0.3) is 0 Å². The number of hydrogen-bond donors (Lipinski definition) is 3. The molecule has 21 heavy (non-hydrogen) atoms. The maximum absolute atomic E-state index is 13.3. The van der Waals surface area contributed by atoms with Gasteiger partial charge in [-0.1, -0.05) is 12.8 Å². The molecule has 0 heterocycles. The number of nitrogens with one attached hydrogen (secondary N) is 2. The van der Waals surface area contributed by atoms with Gasteiger partial charge in [0.05, 0.1) is 5.92 Å². The molecule has 0 aliphatic heterocycles. The van der Waals surface area contributed by atoms with Crippen molar-refractivity contribution in [1.29, 1.82) is 0 Å². The highest BCUT2D eigenvalue weighted by atomic mass is 19.1. The fraction of sp³-hybridized carbons (Fsp3) is 0.467. The summed E-state index contributed by atoms with van der Waals surface area (Å²) in [7, 11) is 0. The van der Waals surface area contributed by atoms with Crippen molar-refractivity contribution >= 4 is 17.7 Å². The highest BCUT2D eigenvalue weighted by Crippen LogP contribution is 2.24. The molecular formula is C15H19FN2O3. The summed E-state index contributed by atoms with van der Waals surface area (Å²) < 4.78 is 13.3. The van der Waals surface area contributed by atoms with Crippen LogP contribution in [0.15, 0.2) is 18.2 Å². The molecule has 1 aromatic carbocycles. The molecule has 0 spiro atoms. The third-order valence-electron chi connectivity index (χ3n) is 3.70. The number of carbonyl (C=O) groups is 2. The summed E-state index contributed by atoms with van der Waals surface area (Å²) in [6.07, 6.45) is 2.97. The second kappa shape index (κ2) is 6.56. The van der Waals surface area contributed by atoms with E-state index in [2.05, 4.69) is 10.6 Å². The molecule has 5 nitrogen and oxygen atoms in total. The zero-order valence-electron chi connectivity index (χ0n) is 11.9. The summed E-state index contributed by atoms with van der Waals surface area (Å²) in [6.45, 7) is 1.73. The van der Waals surface area contributed by atoms with Crippen molar-refractivity contribution in [3.8, 4) is 0 Å². The minimum Gasteiger partial charge on any atom is -0.481 e. The van der Waals surface area contributed by atoms with E-state index in [9.17, 15) is 14.0 Å². The van der Waals surface area contributed by atoms with E-state index < -0.39 is 23.7 Å². The minimum atomic E-state index is -0.887. The number of carboxylic acids is 1. The number of amides is 2. The van der Waals surface area contributed by atoms with Gasteiger partial charge < -0.3 is 15.7 Å². The van der Waals surface area contributed by atoms with Crippen LogP contribution in [0.1, 0.15) is 31.2 Å². The molecule has 2 unspecified atom stereocenters. The van der Waals surface area contributed by atoms with Crippen LogP contribution in [0, 0.1) is 18.7 Å². The molecule has 114 valence electrons. The van der Waals surface area contributed by atoms with E-state index in [1.807, 2.05) is 0 Å². The first-order valence-corrected chi connectivity index (χ1v) is 7.03. The van der Waals surface area contributed by atoms with Crippen molar-refractivity contribution in [2.24, 2.45) is 5.92 Å². The largest absolute Gasteiger partial charge is 0.481 e. The average molecular weight is 294 g/mol. The average Bonchev–Trinajstić information content (AvgIpc) is 2.37. The first kappa shape index (κ1) is 15.3. The van der Waals surface area contributed by atoms with Crippen LogP contribution in [0.5, 0.6) is 0 Å². The molecule has 2 amide bonds. The molecule has 2 rings (SSSR count). The van der Waals surface area contributed by atoms with Crippen molar-refractivity contribution < 1.29 is 19.1 Å². The van der Waals surface area contributed by atoms with Crippen LogP contribution in [0.4, 0.5) is 14.9 Å². The summed E-state index contributed by atoms with van der Waals surface area (Å²) in [5.74, 6) is -1.87. The quantitative estimate of drug-likeness (QED) is 0.802. The van der Waals surface area contributed by atoms with E-state index in [1.165, 1.54) is 12.1 Å². The second-order valence-corrected chi connectivity index (χ2v) is 5.45. The third kappa shape index (κ3) is 4.18. The van der Waals surface area contributed by atoms with Crippen molar-refractivity contribution in [2.45, 2.75) is 38.6 Å². The molecule has 1 saturated carbocycles. The molecule has 6 heteroatoms. The molecule has 3 N–H and O–H groups in total. The Hall–Kier alpha value is -2.11. The minimum absolute atomic E-state index is 0.354. The monoisotopic (exact) mass is 294 g/mol. The highest BCUT2D eigenvalue weighted by molar-refractivity contribution is 5.90. The third-order valence-corrected chi connectivity index (χ3v) is 3.70. The Kier molecular flexibility index (Phi) is 4.77. The van der Waals surface area contributed by atoms with Gasteiger partial charge in [0.15, 0.2) is 0 Å². The maximum atomic E-state index is 13.3. The van der Waals surface area contributed by atoms with Crippen molar-refractivity contribution in [3.05, 3.63) is 29.6 Å². The van der Waals surface area contributed by atoms with Crippen LogP contribution < -0.4 is 10.6 Å². The van der Waals surface area contributed by atoms with Gasteiger partial charge in [0.1, 0.15) is 5.82 Å². The van der Waals surface area contributed by atoms with E-state index in [0.29, 0.717) is 24.1 Å². The van der Waals surface area contributed by atoms with E-state index in [4.69, 9.17) is 5.11 Å². The predicted molar refractivity (Wildman–Crippen MR) is 76.7 cm³/mol. The Balaban J connectivity index is 1.98. The molecule has 0 radical (unpaired) electrons. The lowest BCUT2D eigenvalue weighted by Gasteiger charge is -2.29. The molecule has 1 fully saturated rings. The molecular weight excluding hydrogens is 275 g/mol. The number of anilines is 1. The molecule has 1 aromatic rings. The number of halogens is 1. The fourth-order valence-corrected chi connectivity index (χ4v) is 2.74.